The predicted octanol–water partition coefficient (Wildman–Crippen LogP) is 4.60. The number of hydrogen-bond donors (Lipinski definition) is 3. The molecule has 1 heterocycles. The van der Waals surface area contributed by atoms with E-state index in [0.29, 0.717) is 10.9 Å². The molecule has 1 fully saturated rings. The van der Waals surface area contributed by atoms with Crippen molar-refractivity contribution in [1.82, 2.24) is 10.3 Å². The quantitative estimate of drug-likeness (QED) is 0.479. The Kier molecular flexibility index (Phi) is 6.18. The maximum Gasteiger partial charge on any atom is 0.256 e. The number of nitrogens with zero attached hydrogens (tertiary/aromatic N) is 1. The Labute approximate surface area is 191 Å². The molecule has 1 aliphatic rings. The summed E-state index contributed by atoms with van der Waals surface area (Å²) < 4.78 is 13.5. The van der Waals surface area contributed by atoms with Crippen molar-refractivity contribution in [2.45, 2.75) is 44.6 Å². The molecule has 8 heteroatoms. The van der Waals surface area contributed by atoms with Crippen LogP contribution >= 0.6 is 0 Å². The SMILES string of the molecule is CNC(=O)c1c(NC(=O)c2cccc(F)c2)[nH]c2cc(N(C=O)C3(C)CCCCC3)ccc12. The van der Waals surface area contributed by atoms with Gasteiger partial charge in [0.15, 0.2) is 0 Å². The largest absolute Gasteiger partial charge is 0.355 e. The Morgan fingerprint density at radius 3 is 2.52 bits per heavy atom. The van der Waals surface area contributed by atoms with Crippen LogP contribution in [0.25, 0.3) is 10.9 Å². The van der Waals surface area contributed by atoms with Crippen molar-refractivity contribution in [3.05, 3.63) is 59.4 Å². The number of amides is 3. The molecule has 3 amide bonds. The summed E-state index contributed by atoms with van der Waals surface area (Å²) in [6, 6.07) is 10.7. The number of carbonyl (C=O) groups excluding carboxylic acids is 3. The lowest BCUT2D eigenvalue weighted by molar-refractivity contribution is -0.108. The minimum atomic E-state index is -0.546. The van der Waals surface area contributed by atoms with Gasteiger partial charge >= 0.3 is 0 Å². The van der Waals surface area contributed by atoms with Crippen LogP contribution in [0.5, 0.6) is 0 Å². The van der Waals surface area contributed by atoms with Gasteiger partial charge in [0.25, 0.3) is 11.8 Å². The van der Waals surface area contributed by atoms with E-state index < -0.39 is 11.7 Å². The minimum absolute atomic E-state index is 0.134. The molecule has 3 aromatic rings. The third-order valence-electron chi connectivity index (χ3n) is 6.46. The van der Waals surface area contributed by atoms with Crippen LogP contribution in [-0.2, 0) is 4.79 Å². The molecule has 3 N–H and O–H groups in total. The second-order valence-corrected chi connectivity index (χ2v) is 8.68. The number of fused-ring (bicyclic) bond motifs is 1. The molecule has 0 atom stereocenters. The molecule has 0 aliphatic heterocycles. The molecule has 0 saturated heterocycles. The number of H-pyrrole nitrogens is 1. The van der Waals surface area contributed by atoms with Crippen LogP contribution in [0.1, 0.15) is 59.7 Å². The molecule has 1 aliphatic carbocycles. The summed E-state index contributed by atoms with van der Waals surface area (Å²) in [4.78, 5) is 42.3. The second-order valence-electron chi connectivity index (χ2n) is 8.68. The number of anilines is 2. The van der Waals surface area contributed by atoms with Gasteiger partial charge in [-0.15, -0.1) is 0 Å². The van der Waals surface area contributed by atoms with Crippen molar-refractivity contribution < 1.29 is 18.8 Å². The van der Waals surface area contributed by atoms with E-state index in [2.05, 4.69) is 22.5 Å². The smallest absolute Gasteiger partial charge is 0.256 e. The Morgan fingerprint density at radius 2 is 1.85 bits per heavy atom. The monoisotopic (exact) mass is 450 g/mol. The molecule has 1 saturated carbocycles. The summed E-state index contributed by atoms with van der Waals surface area (Å²) in [5.41, 5.74) is 1.46. The first-order valence-corrected chi connectivity index (χ1v) is 11.1. The average molecular weight is 451 g/mol. The first-order valence-electron chi connectivity index (χ1n) is 11.1. The van der Waals surface area contributed by atoms with Gasteiger partial charge in [0.1, 0.15) is 11.6 Å². The molecule has 0 radical (unpaired) electrons. The van der Waals surface area contributed by atoms with E-state index in [-0.39, 0.29) is 28.4 Å². The van der Waals surface area contributed by atoms with Crippen LogP contribution in [0.4, 0.5) is 15.9 Å². The van der Waals surface area contributed by atoms with Crippen LogP contribution in [0, 0.1) is 5.82 Å². The zero-order valence-corrected chi connectivity index (χ0v) is 18.7. The van der Waals surface area contributed by atoms with E-state index in [4.69, 9.17) is 0 Å². The van der Waals surface area contributed by atoms with Crippen molar-refractivity contribution in [1.29, 1.82) is 0 Å². The lowest BCUT2D eigenvalue weighted by Crippen LogP contribution is -2.47. The van der Waals surface area contributed by atoms with Gasteiger partial charge in [-0.3, -0.25) is 14.4 Å². The second kappa shape index (κ2) is 9.05. The number of aromatic amines is 1. The number of rotatable bonds is 6. The lowest BCUT2D eigenvalue weighted by atomic mass is 9.82. The molecule has 0 spiro atoms. The number of nitrogens with one attached hydrogen (secondary N) is 3. The number of aromatic nitrogens is 1. The van der Waals surface area contributed by atoms with E-state index >= 15 is 0 Å². The number of carbonyl (C=O) groups is 3. The first-order chi connectivity index (χ1) is 15.9. The Balaban J connectivity index is 1.74. The summed E-state index contributed by atoms with van der Waals surface area (Å²) in [7, 11) is 1.51. The summed E-state index contributed by atoms with van der Waals surface area (Å²) in [5.74, 6) is -1.25. The molecule has 0 unspecified atom stereocenters. The minimum Gasteiger partial charge on any atom is -0.355 e. The molecule has 4 rings (SSSR count). The Morgan fingerprint density at radius 1 is 1.09 bits per heavy atom. The normalized spacial score (nSPS) is 15.1. The number of benzene rings is 2. The van der Waals surface area contributed by atoms with Crippen molar-refractivity contribution in [2.24, 2.45) is 0 Å². The average Bonchev–Trinajstić information content (AvgIpc) is 3.16. The van der Waals surface area contributed by atoms with E-state index in [9.17, 15) is 18.8 Å². The lowest BCUT2D eigenvalue weighted by Gasteiger charge is -2.42. The Hall–Kier alpha value is -3.68. The molecule has 2 aromatic carbocycles. The topological polar surface area (TPSA) is 94.3 Å². The van der Waals surface area contributed by atoms with Gasteiger partial charge in [-0.1, -0.05) is 25.3 Å². The molecular weight excluding hydrogens is 423 g/mol. The van der Waals surface area contributed by atoms with E-state index in [1.165, 1.54) is 31.7 Å². The summed E-state index contributed by atoms with van der Waals surface area (Å²) in [6.07, 6.45) is 6.02. The third kappa shape index (κ3) is 4.33. The van der Waals surface area contributed by atoms with Crippen molar-refractivity contribution >= 4 is 40.6 Å². The highest BCUT2D eigenvalue weighted by Crippen LogP contribution is 2.37. The molecule has 33 heavy (non-hydrogen) atoms. The van der Waals surface area contributed by atoms with Crippen LogP contribution < -0.4 is 15.5 Å². The van der Waals surface area contributed by atoms with E-state index in [1.807, 2.05) is 12.1 Å². The van der Waals surface area contributed by atoms with Gasteiger partial charge in [0.2, 0.25) is 6.41 Å². The van der Waals surface area contributed by atoms with Gasteiger partial charge in [0, 0.05) is 34.7 Å². The van der Waals surface area contributed by atoms with Crippen LogP contribution in [0.2, 0.25) is 0 Å². The first kappa shape index (κ1) is 22.5. The van der Waals surface area contributed by atoms with Crippen LogP contribution in [0.3, 0.4) is 0 Å². The summed E-state index contributed by atoms with van der Waals surface area (Å²) >= 11 is 0. The van der Waals surface area contributed by atoms with Crippen LogP contribution in [-0.4, -0.2) is 35.8 Å². The summed E-state index contributed by atoms with van der Waals surface area (Å²) in [5, 5.41) is 5.88. The zero-order valence-electron chi connectivity index (χ0n) is 18.7. The highest BCUT2D eigenvalue weighted by Gasteiger charge is 2.34. The Bertz CT molecular complexity index is 1210. The molecule has 0 bridgehead atoms. The third-order valence-corrected chi connectivity index (χ3v) is 6.46. The van der Waals surface area contributed by atoms with Gasteiger partial charge < -0.3 is 20.5 Å². The number of hydrogen-bond acceptors (Lipinski definition) is 3. The molecular formula is C25H27FN4O3. The zero-order chi connectivity index (χ0) is 23.6. The highest BCUT2D eigenvalue weighted by atomic mass is 19.1. The van der Waals surface area contributed by atoms with Gasteiger partial charge in [-0.05, 0) is 56.2 Å². The number of halogens is 1. The fourth-order valence-electron chi connectivity index (χ4n) is 4.66. The fourth-order valence-corrected chi connectivity index (χ4v) is 4.66. The van der Waals surface area contributed by atoms with Crippen LogP contribution in [0.15, 0.2) is 42.5 Å². The van der Waals surface area contributed by atoms with Gasteiger partial charge in [0.05, 0.1) is 5.56 Å². The van der Waals surface area contributed by atoms with Crippen molar-refractivity contribution in [2.75, 3.05) is 17.3 Å². The summed E-state index contributed by atoms with van der Waals surface area (Å²) in [6.45, 7) is 2.10. The van der Waals surface area contributed by atoms with E-state index in [1.54, 1.807) is 11.0 Å². The molecule has 7 nitrogen and oxygen atoms in total. The predicted molar refractivity (Wildman–Crippen MR) is 126 cm³/mol. The van der Waals surface area contributed by atoms with E-state index in [0.717, 1.165) is 43.8 Å². The molecule has 172 valence electrons. The molecule has 1 aromatic heterocycles. The van der Waals surface area contributed by atoms with Crippen molar-refractivity contribution in [3.63, 3.8) is 0 Å². The maximum absolute atomic E-state index is 13.5. The van der Waals surface area contributed by atoms with Gasteiger partial charge in [-0.2, -0.15) is 0 Å². The van der Waals surface area contributed by atoms with Gasteiger partial charge in [-0.25, -0.2) is 4.39 Å². The standard InChI is InChI=1S/C25H27FN4O3/c1-25(11-4-3-5-12-25)30(15-31)18-9-10-19-20(14-18)28-22(21(19)24(33)27-2)29-23(32)16-7-6-8-17(26)13-16/h6-10,13-15,28H,3-5,11-12H2,1-2H3,(H,27,33)(H,29,32). The maximum atomic E-state index is 13.5. The van der Waals surface area contributed by atoms with Crippen molar-refractivity contribution in [3.8, 4) is 0 Å². The fraction of sp³-hybridized carbons (Fsp3) is 0.320. The highest BCUT2D eigenvalue weighted by molar-refractivity contribution is 6.15.